The highest BCUT2D eigenvalue weighted by Crippen LogP contribution is 2.15. The summed E-state index contributed by atoms with van der Waals surface area (Å²) in [4.78, 5) is 15.0. The van der Waals surface area contributed by atoms with E-state index in [0.717, 1.165) is 0 Å². The van der Waals surface area contributed by atoms with Gasteiger partial charge in [-0.3, -0.25) is 4.79 Å². The maximum Gasteiger partial charge on any atom is 0.252 e. The van der Waals surface area contributed by atoms with Crippen molar-refractivity contribution in [2.45, 2.75) is 0 Å². The molecule has 82 valence electrons. The van der Waals surface area contributed by atoms with Crippen molar-refractivity contribution in [3.05, 3.63) is 22.8 Å². The third-order valence-corrected chi connectivity index (χ3v) is 1.94. The van der Waals surface area contributed by atoms with Crippen molar-refractivity contribution in [1.29, 1.82) is 0 Å². The van der Waals surface area contributed by atoms with Gasteiger partial charge in [-0.25, -0.2) is 4.98 Å². The van der Waals surface area contributed by atoms with E-state index in [-0.39, 0.29) is 0 Å². The van der Waals surface area contributed by atoms with Crippen molar-refractivity contribution in [3.8, 4) is 0 Å². The summed E-state index contributed by atoms with van der Waals surface area (Å²) in [5, 5.41) is 3.22. The highest BCUT2D eigenvalue weighted by Gasteiger charge is 2.09. The number of pyridine rings is 1. The van der Waals surface area contributed by atoms with Gasteiger partial charge < -0.3 is 15.8 Å². The molecule has 3 N–H and O–H groups in total. The molecular weight excluding hydrogens is 218 g/mol. The quantitative estimate of drug-likeness (QED) is 0.581. The zero-order valence-electron chi connectivity index (χ0n) is 8.29. The molecule has 1 rings (SSSR count). The Balaban J connectivity index is 2.82. The number of anilines is 1. The number of hydrogen-bond acceptors (Lipinski definition) is 4. The SMILES string of the molecule is COCCNc1nc(Cl)ccc1C(N)=O. The van der Waals surface area contributed by atoms with Crippen molar-refractivity contribution < 1.29 is 9.53 Å². The zero-order valence-corrected chi connectivity index (χ0v) is 9.04. The van der Waals surface area contributed by atoms with Gasteiger partial charge in [-0.15, -0.1) is 0 Å². The van der Waals surface area contributed by atoms with Crippen LogP contribution in [-0.2, 0) is 4.74 Å². The molecule has 0 aliphatic rings. The van der Waals surface area contributed by atoms with E-state index < -0.39 is 5.91 Å². The van der Waals surface area contributed by atoms with E-state index in [1.54, 1.807) is 7.11 Å². The maximum absolute atomic E-state index is 11.0. The van der Waals surface area contributed by atoms with Crippen LogP contribution in [0.1, 0.15) is 10.4 Å². The second-order valence-electron chi connectivity index (χ2n) is 2.81. The summed E-state index contributed by atoms with van der Waals surface area (Å²) in [5.41, 5.74) is 5.49. The Kier molecular flexibility index (Phi) is 4.33. The summed E-state index contributed by atoms with van der Waals surface area (Å²) in [6, 6.07) is 3.05. The van der Waals surface area contributed by atoms with Crippen LogP contribution >= 0.6 is 11.6 Å². The minimum absolute atomic E-state index is 0.305. The number of aromatic nitrogens is 1. The fraction of sp³-hybridized carbons (Fsp3) is 0.333. The number of methoxy groups -OCH3 is 1. The van der Waals surface area contributed by atoms with Crippen LogP contribution in [0.25, 0.3) is 0 Å². The molecule has 1 aromatic heterocycles. The second-order valence-corrected chi connectivity index (χ2v) is 3.20. The fourth-order valence-electron chi connectivity index (χ4n) is 1.04. The number of nitrogens with one attached hydrogen (secondary N) is 1. The molecule has 0 aliphatic heterocycles. The minimum Gasteiger partial charge on any atom is -0.383 e. The van der Waals surface area contributed by atoms with Crippen LogP contribution in [0.3, 0.4) is 0 Å². The van der Waals surface area contributed by atoms with Gasteiger partial charge in [0.25, 0.3) is 5.91 Å². The van der Waals surface area contributed by atoms with E-state index in [4.69, 9.17) is 22.1 Å². The number of nitrogens with zero attached hydrogens (tertiary/aromatic N) is 1. The van der Waals surface area contributed by atoms with Gasteiger partial charge in [0.2, 0.25) is 0 Å². The van der Waals surface area contributed by atoms with Gasteiger partial charge in [-0.05, 0) is 12.1 Å². The molecule has 6 heteroatoms. The van der Waals surface area contributed by atoms with E-state index in [9.17, 15) is 4.79 Å². The number of carbonyl (C=O) groups is 1. The molecule has 0 saturated heterocycles. The molecule has 0 aliphatic carbocycles. The number of ether oxygens (including phenoxy) is 1. The van der Waals surface area contributed by atoms with Crippen LogP contribution in [0.5, 0.6) is 0 Å². The molecule has 0 unspecified atom stereocenters. The van der Waals surface area contributed by atoms with Gasteiger partial charge >= 0.3 is 0 Å². The minimum atomic E-state index is -0.543. The molecule has 5 nitrogen and oxygen atoms in total. The van der Waals surface area contributed by atoms with Crippen LogP contribution < -0.4 is 11.1 Å². The van der Waals surface area contributed by atoms with E-state index in [0.29, 0.717) is 29.7 Å². The summed E-state index contributed by atoms with van der Waals surface area (Å²) in [6.07, 6.45) is 0. The van der Waals surface area contributed by atoms with Crippen LogP contribution in [0, 0.1) is 0 Å². The molecule has 0 saturated carbocycles. The number of halogens is 1. The molecule has 15 heavy (non-hydrogen) atoms. The Morgan fingerprint density at radius 1 is 1.67 bits per heavy atom. The molecule has 0 spiro atoms. The van der Waals surface area contributed by atoms with E-state index in [1.807, 2.05) is 0 Å². The molecule has 1 amide bonds. The first-order valence-corrected chi connectivity index (χ1v) is 4.72. The van der Waals surface area contributed by atoms with Gasteiger partial charge in [-0.2, -0.15) is 0 Å². The molecule has 0 atom stereocenters. The number of nitrogens with two attached hydrogens (primary N) is 1. The first-order valence-electron chi connectivity index (χ1n) is 4.34. The van der Waals surface area contributed by atoms with Gasteiger partial charge in [-0.1, -0.05) is 11.6 Å². The number of rotatable bonds is 5. The average molecular weight is 230 g/mol. The lowest BCUT2D eigenvalue weighted by Crippen LogP contribution is -2.17. The van der Waals surface area contributed by atoms with Crippen molar-refractivity contribution in [3.63, 3.8) is 0 Å². The lowest BCUT2D eigenvalue weighted by molar-refractivity contribution is 0.100. The topological polar surface area (TPSA) is 77.2 Å². The standard InChI is InChI=1S/C9H12ClN3O2/c1-15-5-4-12-9-6(8(11)14)2-3-7(10)13-9/h2-3H,4-5H2,1H3,(H2,11,14)(H,12,13). The molecule has 0 aromatic carbocycles. The summed E-state index contributed by atoms with van der Waals surface area (Å²) in [5.74, 6) is -0.161. The summed E-state index contributed by atoms with van der Waals surface area (Å²) >= 11 is 5.70. The van der Waals surface area contributed by atoms with E-state index in [1.165, 1.54) is 12.1 Å². The largest absolute Gasteiger partial charge is 0.383 e. The molecule has 0 fully saturated rings. The van der Waals surface area contributed by atoms with Crippen LogP contribution in [0.15, 0.2) is 12.1 Å². The normalized spacial score (nSPS) is 10.0. The molecule has 0 radical (unpaired) electrons. The summed E-state index contributed by atoms with van der Waals surface area (Å²) in [7, 11) is 1.59. The predicted octanol–water partition coefficient (Wildman–Crippen LogP) is 0.892. The predicted molar refractivity (Wildman–Crippen MR) is 58.1 cm³/mol. The number of amides is 1. The van der Waals surface area contributed by atoms with Crippen LogP contribution in [0.2, 0.25) is 5.15 Å². The lowest BCUT2D eigenvalue weighted by atomic mass is 10.2. The van der Waals surface area contributed by atoms with Crippen molar-refractivity contribution in [2.75, 3.05) is 25.6 Å². The number of carbonyl (C=O) groups excluding carboxylic acids is 1. The van der Waals surface area contributed by atoms with Crippen LogP contribution in [0.4, 0.5) is 5.82 Å². The van der Waals surface area contributed by atoms with Crippen molar-refractivity contribution in [1.82, 2.24) is 4.98 Å². The Morgan fingerprint density at radius 2 is 2.40 bits per heavy atom. The van der Waals surface area contributed by atoms with Gasteiger partial charge in [0.15, 0.2) is 0 Å². The number of primary amides is 1. The van der Waals surface area contributed by atoms with Crippen molar-refractivity contribution in [2.24, 2.45) is 5.73 Å². The van der Waals surface area contributed by atoms with Crippen molar-refractivity contribution >= 4 is 23.3 Å². The monoisotopic (exact) mass is 229 g/mol. The number of hydrogen-bond donors (Lipinski definition) is 2. The molecular formula is C9H12ClN3O2. The molecule has 1 aromatic rings. The Bertz CT molecular complexity index is 357. The third kappa shape index (κ3) is 3.38. The van der Waals surface area contributed by atoms with Gasteiger partial charge in [0.1, 0.15) is 11.0 Å². The Hall–Kier alpha value is -1.33. The smallest absolute Gasteiger partial charge is 0.252 e. The van der Waals surface area contributed by atoms with E-state index >= 15 is 0 Å². The highest BCUT2D eigenvalue weighted by atomic mass is 35.5. The summed E-state index contributed by atoms with van der Waals surface area (Å²) < 4.78 is 4.85. The first kappa shape index (κ1) is 11.7. The summed E-state index contributed by atoms with van der Waals surface area (Å²) in [6.45, 7) is 1.04. The van der Waals surface area contributed by atoms with Crippen LogP contribution in [-0.4, -0.2) is 31.2 Å². The Labute approximate surface area is 92.6 Å². The fourth-order valence-corrected chi connectivity index (χ4v) is 1.19. The lowest BCUT2D eigenvalue weighted by Gasteiger charge is -2.08. The molecule has 1 heterocycles. The highest BCUT2D eigenvalue weighted by molar-refractivity contribution is 6.29. The zero-order chi connectivity index (χ0) is 11.3. The second kappa shape index (κ2) is 5.53. The maximum atomic E-state index is 11.0. The van der Waals surface area contributed by atoms with Gasteiger partial charge in [0, 0.05) is 13.7 Å². The Morgan fingerprint density at radius 3 is 3.00 bits per heavy atom. The first-order chi connectivity index (χ1) is 7.15. The molecule has 0 bridgehead atoms. The average Bonchev–Trinajstić information content (AvgIpc) is 2.18. The van der Waals surface area contributed by atoms with E-state index in [2.05, 4.69) is 10.3 Å². The van der Waals surface area contributed by atoms with Gasteiger partial charge in [0.05, 0.1) is 12.2 Å². The third-order valence-electron chi connectivity index (χ3n) is 1.73.